The Morgan fingerprint density at radius 1 is 0.844 bits per heavy atom. The van der Waals surface area contributed by atoms with Gasteiger partial charge in [0.2, 0.25) is 18.0 Å². The van der Waals surface area contributed by atoms with E-state index in [-0.39, 0.29) is 11.5 Å². The molecule has 0 saturated carbocycles. The van der Waals surface area contributed by atoms with Crippen LogP contribution in [0.1, 0.15) is 43.2 Å². The SMILES string of the molecule is NC(=O)C(CCCC(F)(F)F)C(CCC(F)(F)F)C(=O)N[C@H]1N=C(c2ccccc2)c2ccccc2N(c2ccccn2)C1=O. The van der Waals surface area contributed by atoms with Crippen molar-refractivity contribution in [2.45, 2.75) is 50.6 Å². The van der Waals surface area contributed by atoms with Gasteiger partial charge >= 0.3 is 12.4 Å². The van der Waals surface area contributed by atoms with Gasteiger partial charge in [0.15, 0.2) is 0 Å². The van der Waals surface area contributed by atoms with Gasteiger partial charge in [-0.05, 0) is 37.5 Å². The number of pyridine rings is 1. The van der Waals surface area contributed by atoms with Crippen molar-refractivity contribution in [3.63, 3.8) is 0 Å². The third-order valence-electron chi connectivity index (χ3n) is 7.22. The predicted octanol–water partition coefficient (Wildman–Crippen LogP) is 5.83. The highest BCUT2D eigenvalue weighted by Crippen LogP contribution is 2.35. The molecule has 4 rings (SSSR count). The van der Waals surface area contributed by atoms with Gasteiger partial charge in [0.25, 0.3) is 5.91 Å². The molecule has 1 aliphatic rings. The number of carbonyl (C=O) groups is 3. The summed E-state index contributed by atoms with van der Waals surface area (Å²) < 4.78 is 78.3. The number of rotatable bonds is 11. The third kappa shape index (κ3) is 8.67. The van der Waals surface area contributed by atoms with Gasteiger partial charge in [-0.1, -0.05) is 54.6 Å². The maximum Gasteiger partial charge on any atom is 0.389 e. The van der Waals surface area contributed by atoms with Crippen molar-refractivity contribution in [1.82, 2.24) is 10.3 Å². The number of fused-ring (bicyclic) bond motifs is 1. The molecule has 2 unspecified atom stereocenters. The molecule has 0 bridgehead atoms. The fourth-order valence-corrected chi connectivity index (χ4v) is 5.15. The van der Waals surface area contributed by atoms with E-state index in [0.29, 0.717) is 16.8 Å². The molecule has 0 radical (unpaired) electrons. The van der Waals surface area contributed by atoms with Gasteiger partial charge in [-0.15, -0.1) is 0 Å². The van der Waals surface area contributed by atoms with Crippen LogP contribution in [0.2, 0.25) is 0 Å². The number of hydrogen-bond donors (Lipinski definition) is 2. The highest BCUT2D eigenvalue weighted by atomic mass is 19.4. The number of nitrogens with zero attached hydrogens (tertiary/aromatic N) is 3. The fourth-order valence-electron chi connectivity index (χ4n) is 5.15. The van der Waals surface area contributed by atoms with Crippen LogP contribution in [0.5, 0.6) is 0 Å². The Balaban J connectivity index is 1.77. The average Bonchev–Trinajstić information content (AvgIpc) is 3.10. The first-order chi connectivity index (χ1) is 21.2. The number of para-hydroxylation sites is 1. The summed E-state index contributed by atoms with van der Waals surface area (Å²) in [5.41, 5.74) is 7.07. The Labute approximate surface area is 254 Å². The van der Waals surface area contributed by atoms with Gasteiger partial charge in [0.05, 0.1) is 11.4 Å². The molecule has 0 spiro atoms. The second kappa shape index (κ2) is 13.9. The van der Waals surface area contributed by atoms with Crippen LogP contribution in [0.4, 0.5) is 37.8 Å². The minimum absolute atomic E-state index is 0.162. The summed E-state index contributed by atoms with van der Waals surface area (Å²) >= 11 is 0. The van der Waals surface area contributed by atoms with E-state index in [9.17, 15) is 40.7 Å². The molecule has 0 fully saturated rings. The lowest BCUT2D eigenvalue weighted by Crippen LogP contribution is -2.50. The Kier molecular flexibility index (Phi) is 10.2. The summed E-state index contributed by atoms with van der Waals surface area (Å²) in [6.45, 7) is 0. The second-order valence-corrected chi connectivity index (χ2v) is 10.4. The highest BCUT2D eigenvalue weighted by molar-refractivity contribution is 6.21. The summed E-state index contributed by atoms with van der Waals surface area (Å²) in [5, 5.41) is 2.38. The van der Waals surface area contributed by atoms with Crippen LogP contribution in [0.25, 0.3) is 0 Å². The number of anilines is 2. The number of benzodiazepines with no additional fused rings is 1. The molecule has 8 nitrogen and oxygen atoms in total. The number of nitrogens with one attached hydrogen (secondary N) is 1. The minimum atomic E-state index is -4.75. The molecule has 2 heterocycles. The molecular formula is C31H29F6N5O3. The van der Waals surface area contributed by atoms with Crippen molar-refractivity contribution in [1.29, 1.82) is 0 Å². The molecule has 0 saturated heterocycles. The van der Waals surface area contributed by atoms with Crippen LogP contribution >= 0.6 is 0 Å². The van der Waals surface area contributed by atoms with Crippen LogP contribution in [0.15, 0.2) is 84.0 Å². The first-order valence-corrected chi connectivity index (χ1v) is 14.0. The molecule has 3 atom stereocenters. The van der Waals surface area contributed by atoms with E-state index in [1.165, 1.54) is 17.2 Å². The summed E-state index contributed by atoms with van der Waals surface area (Å²) in [5.74, 6) is -6.54. The topological polar surface area (TPSA) is 118 Å². The smallest absolute Gasteiger partial charge is 0.369 e. The van der Waals surface area contributed by atoms with Gasteiger partial charge in [-0.2, -0.15) is 26.3 Å². The number of primary amides is 1. The molecule has 0 aliphatic carbocycles. The average molecular weight is 634 g/mol. The van der Waals surface area contributed by atoms with Crippen LogP contribution in [-0.2, 0) is 14.4 Å². The molecule has 238 valence electrons. The van der Waals surface area contributed by atoms with Crippen molar-refractivity contribution in [3.8, 4) is 0 Å². The van der Waals surface area contributed by atoms with Gasteiger partial charge < -0.3 is 11.1 Å². The molecular weight excluding hydrogens is 604 g/mol. The number of aliphatic imine (C=N–C) groups is 1. The molecule has 1 aromatic heterocycles. The minimum Gasteiger partial charge on any atom is -0.369 e. The van der Waals surface area contributed by atoms with E-state index in [2.05, 4.69) is 15.3 Å². The summed E-state index contributed by atoms with van der Waals surface area (Å²) in [6, 6.07) is 20.1. The number of benzene rings is 2. The van der Waals surface area contributed by atoms with Crippen molar-refractivity contribution < 1.29 is 40.7 Å². The van der Waals surface area contributed by atoms with Crippen LogP contribution in [-0.4, -0.2) is 46.9 Å². The summed E-state index contributed by atoms with van der Waals surface area (Å²) in [4.78, 5) is 50.2. The van der Waals surface area contributed by atoms with Crippen molar-refractivity contribution in [2.24, 2.45) is 22.6 Å². The third-order valence-corrected chi connectivity index (χ3v) is 7.22. The molecule has 3 amide bonds. The normalized spacial score (nSPS) is 16.7. The Hall–Kier alpha value is -4.75. The zero-order valence-corrected chi connectivity index (χ0v) is 23.7. The van der Waals surface area contributed by atoms with Gasteiger partial charge in [0, 0.05) is 42.0 Å². The lowest BCUT2D eigenvalue weighted by atomic mass is 9.83. The quantitative estimate of drug-likeness (QED) is 0.258. The van der Waals surface area contributed by atoms with Crippen molar-refractivity contribution in [2.75, 3.05) is 4.90 Å². The largest absolute Gasteiger partial charge is 0.389 e. The maximum absolute atomic E-state index is 14.1. The lowest BCUT2D eigenvalue weighted by Gasteiger charge is -2.28. The molecule has 1 aliphatic heterocycles. The van der Waals surface area contributed by atoms with E-state index >= 15 is 0 Å². The van der Waals surface area contributed by atoms with E-state index in [1.807, 2.05) is 0 Å². The van der Waals surface area contributed by atoms with Crippen LogP contribution < -0.4 is 16.0 Å². The second-order valence-electron chi connectivity index (χ2n) is 10.4. The number of hydrogen-bond acceptors (Lipinski definition) is 5. The number of nitrogens with two attached hydrogens (primary N) is 1. The predicted molar refractivity (Wildman–Crippen MR) is 153 cm³/mol. The summed E-state index contributed by atoms with van der Waals surface area (Å²) in [6.07, 6.45) is -14.7. The number of halogens is 6. The first kappa shape index (κ1) is 33.1. The zero-order valence-electron chi connectivity index (χ0n) is 23.7. The number of aromatic nitrogens is 1. The summed E-state index contributed by atoms with van der Waals surface area (Å²) in [7, 11) is 0. The van der Waals surface area contributed by atoms with Crippen LogP contribution in [0.3, 0.4) is 0 Å². The Bertz CT molecular complexity index is 1530. The Morgan fingerprint density at radius 3 is 2.11 bits per heavy atom. The molecule has 3 N–H and O–H groups in total. The monoisotopic (exact) mass is 633 g/mol. The van der Waals surface area contributed by atoms with Crippen LogP contribution in [0, 0.1) is 11.8 Å². The lowest BCUT2D eigenvalue weighted by molar-refractivity contribution is -0.147. The van der Waals surface area contributed by atoms with E-state index in [1.54, 1.807) is 66.7 Å². The number of alkyl halides is 6. The number of carbonyl (C=O) groups excluding carboxylic acids is 3. The Morgan fingerprint density at radius 2 is 1.49 bits per heavy atom. The van der Waals surface area contributed by atoms with E-state index < -0.39 is 80.2 Å². The molecule has 45 heavy (non-hydrogen) atoms. The maximum atomic E-state index is 14.1. The van der Waals surface area contributed by atoms with Gasteiger partial charge in [-0.25, -0.2) is 9.98 Å². The van der Waals surface area contributed by atoms with Gasteiger partial charge in [-0.3, -0.25) is 19.3 Å². The zero-order chi connectivity index (χ0) is 32.8. The molecule has 3 aromatic rings. The fraction of sp³-hybridized carbons (Fsp3) is 0.323. The number of amides is 3. The molecule has 14 heteroatoms. The molecule has 2 aromatic carbocycles. The van der Waals surface area contributed by atoms with Crippen molar-refractivity contribution in [3.05, 3.63) is 90.1 Å². The van der Waals surface area contributed by atoms with Crippen molar-refractivity contribution >= 4 is 34.9 Å². The first-order valence-electron chi connectivity index (χ1n) is 14.0. The highest BCUT2D eigenvalue weighted by Gasteiger charge is 2.40. The van der Waals surface area contributed by atoms with Gasteiger partial charge in [0.1, 0.15) is 5.82 Å². The standard InChI is InChI=1S/C31H29F6N5O3/c32-30(33,34)16-8-12-20(26(38)43)21(15-17-31(35,36)37)28(44)41-27-29(45)42(24-14-6-7-18-39-24)23-13-5-4-11-22(23)25(40-27)19-9-2-1-3-10-19/h1-7,9-11,13-14,18,20-21,27H,8,12,15-17H2,(H2,38,43)(H,41,44)/t20?,21?,27-/m1/s1. The van der Waals surface area contributed by atoms with E-state index in [0.717, 1.165) is 0 Å². The van der Waals surface area contributed by atoms with E-state index in [4.69, 9.17) is 5.73 Å².